The van der Waals surface area contributed by atoms with E-state index in [-0.39, 0.29) is 16.4 Å². The van der Waals surface area contributed by atoms with Gasteiger partial charge in [-0.25, -0.2) is 0 Å². The molecule has 9 heteroatoms. The first-order valence-electron chi connectivity index (χ1n) is 13.4. The van der Waals surface area contributed by atoms with Gasteiger partial charge in [0.2, 0.25) is 0 Å². The summed E-state index contributed by atoms with van der Waals surface area (Å²) in [5, 5.41) is 14.1. The van der Waals surface area contributed by atoms with Crippen LogP contribution in [0.2, 0.25) is 0 Å². The number of amides is 2. The van der Waals surface area contributed by atoms with Crippen molar-refractivity contribution in [3.63, 3.8) is 0 Å². The Balaban J connectivity index is 1.60. The molecule has 8 nitrogen and oxygen atoms in total. The molecule has 2 amide bonds. The largest absolute Gasteiger partial charge is 0.309 e. The summed E-state index contributed by atoms with van der Waals surface area (Å²) >= 11 is 5.42. The summed E-state index contributed by atoms with van der Waals surface area (Å²) in [6, 6.07) is 34.8. The maximum Gasteiger partial charge on any atom is 0.270 e. The average Bonchev–Trinajstić information content (AvgIpc) is 3.40. The number of carbonyl (C=O) groups excluding carboxylic acids is 2. The molecule has 43 heavy (non-hydrogen) atoms. The summed E-state index contributed by atoms with van der Waals surface area (Å²) in [4.78, 5) is 39.5. The zero-order chi connectivity index (χ0) is 30.1. The van der Waals surface area contributed by atoms with Crippen LogP contribution in [0.1, 0.15) is 11.1 Å². The number of hydrogen-bond donors (Lipinski definition) is 1. The summed E-state index contributed by atoms with van der Waals surface area (Å²) in [7, 11) is 0. The van der Waals surface area contributed by atoms with E-state index in [9.17, 15) is 19.7 Å². The van der Waals surface area contributed by atoms with E-state index in [0.29, 0.717) is 22.6 Å². The number of anilines is 1. The lowest BCUT2D eigenvalue weighted by Gasteiger charge is -2.30. The van der Waals surface area contributed by atoms with Crippen molar-refractivity contribution in [2.45, 2.75) is 6.92 Å². The van der Waals surface area contributed by atoms with Crippen LogP contribution in [0.5, 0.6) is 0 Å². The van der Waals surface area contributed by atoms with Crippen LogP contribution in [0.3, 0.4) is 0 Å². The molecule has 0 unspecified atom stereocenters. The van der Waals surface area contributed by atoms with Gasteiger partial charge in [-0.15, -0.1) is 0 Å². The van der Waals surface area contributed by atoms with Gasteiger partial charge in [0.1, 0.15) is 5.57 Å². The predicted octanol–water partition coefficient (Wildman–Crippen LogP) is 6.86. The second kappa shape index (κ2) is 11.3. The average molecular weight is 585 g/mol. The molecular weight excluding hydrogens is 560 g/mol. The molecule has 0 spiro atoms. The lowest BCUT2D eigenvalue weighted by molar-refractivity contribution is -0.384. The highest BCUT2D eigenvalue weighted by molar-refractivity contribution is 7.80. The second-order valence-electron chi connectivity index (χ2n) is 9.92. The molecule has 6 rings (SSSR count). The van der Waals surface area contributed by atoms with Gasteiger partial charge in [0.05, 0.1) is 22.0 Å². The van der Waals surface area contributed by atoms with E-state index in [0.717, 1.165) is 22.4 Å². The van der Waals surface area contributed by atoms with Gasteiger partial charge in [-0.3, -0.25) is 29.9 Å². The number of nitro benzene ring substituents is 1. The van der Waals surface area contributed by atoms with Gasteiger partial charge in [-0.05, 0) is 66.2 Å². The minimum atomic E-state index is -0.594. The van der Waals surface area contributed by atoms with Gasteiger partial charge >= 0.3 is 0 Å². The zero-order valence-electron chi connectivity index (χ0n) is 22.9. The zero-order valence-corrected chi connectivity index (χ0v) is 23.7. The molecule has 0 saturated carbocycles. The summed E-state index contributed by atoms with van der Waals surface area (Å²) in [6.45, 7) is 1.87. The molecule has 0 radical (unpaired) electrons. The Kier molecular flexibility index (Phi) is 7.23. The molecular formula is C34H24N4O4S. The molecule has 1 aliphatic heterocycles. The number of hydrogen-bond acceptors (Lipinski definition) is 5. The van der Waals surface area contributed by atoms with Gasteiger partial charge in [-0.1, -0.05) is 78.9 Å². The molecule has 0 aliphatic carbocycles. The van der Waals surface area contributed by atoms with Crippen molar-refractivity contribution in [2.75, 3.05) is 4.90 Å². The Morgan fingerprint density at radius 1 is 0.814 bits per heavy atom. The topological polar surface area (TPSA) is 97.5 Å². The smallest absolute Gasteiger partial charge is 0.270 e. The highest BCUT2D eigenvalue weighted by Gasteiger charge is 2.35. The Bertz CT molecular complexity index is 1930. The molecule has 0 bridgehead atoms. The molecule has 0 atom stereocenters. The van der Waals surface area contributed by atoms with Crippen LogP contribution in [-0.4, -0.2) is 26.4 Å². The Morgan fingerprint density at radius 2 is 1.42 bits per heavy atom. The van der Waals surface area contributed by atoms with Gasteiger partial charge < -0.3 is 4.57 Å². The van der Waals surface area contributed by atoms with E-state index in [1.54, 1.807) is 24.3 Å². The third-order valence-electron chi connectivity index (χ3n) is 7.22. The quantitative estimate of drug-likeness (QED) is 0.0773. The van der Waals surface area contributed by atoms with Crippen molar-refractivity contribution in [1.82, 2.24) is 9.88 Å². The summed E-state index contributed by atoms with van der Waals surface area (Å²) in [5.41, 5.74) is 5.78. The first-order valence-corrected chi connectivity index (χ1v) is 13.8. The van der Waals surface area contributed by atoms with E-state index in [2.05, 4.69) is 5.32 Å². The predicted molar refractivity (Wildman–Crippen MR) is 171 cm³/mol. The van der Waals surface area contributed by atoms with Crippen LogP contribution in [0.15, 0.2) is 121 Å². The van der Waals surface area contributed by atoms with E-state index in [1.807, 2.05) is 96.4 Å². The molecule has 4 aromatic carbocycles. The van der Waals surface area contributed by atoms with Crippen LogP contribution in [0, 0.1) is 17.0 Å². The van der Waals surface area contributed by atoms with Gasteiger partial charge in [-0.2, -0.15) is 0 Å². The maximum absolute atomic E-state index is 13.9. The number of nitrogens with zero attached hydrogens (tertiary/aromatic N) is 3. The lowest BCUT2D eigenvalue weighted by atomic mass is 10.0. The van der Waals surface area contributed by atoms with Crippen molar-refractivity contribution in [3.05, 3.63) is 142 Å². The summed E-state index contributed by atoms with van der Waals surface area (Å²) < 4.78 is 1.98. The maximum atomic E-state index is 13.9. The van der Waals surface area contributed by atoms with Crippen LogP contribution >= 0.6 is 12.2 Å². The third-order valence-corrected chi connectivity index (χ3v) is 7.51. The van der Waals surface area contributed by atoms with E-state index >= 15 is 0 Å². The second-order valence-corrected chi connectivity index (χ2v) is 10.3. The third kappa shape index (κ3) is 5.13. The molecule has 1 aliphatic rings. The standard InChI is InChI=1S/C34H24N4O4S/c1-22-10-8-9-15-29(22)37-33(40)28(32(39)35-34(37)43)20-25-21-30(23-11-4-2-5-12-23)36(31(25)24-13-6-3-7-14-24)26-16-18-27(19-17-26)38(41)42/h2-21H,1H3,(H,35,39,43)/b28-20-. The number of nitrogens with one attached hydrogen (secondary N) is 1. The van der Waals surface area contributed by atoms with Crippen LogP contribution in [-0.2, 0) is 9.59 Å². The van der Waals surface area contributed by atoms with Crippen LogP contribution < -0.4 is 10.2 Å². The molecule has 5 aromatic rings. The van der Waals surface area contributed by atoms with Crippen LogP contribution in [0.25, 0.3) is 34.3 Å². The Labute approximate surface area is 252 Å². The molecule has 1 saturated heterocycles. The van der Waals surface area contributed by atoms with Crippen molar-refractivity contribution >= 4 is 46.6 Å². The number of aromatic nitrogens is 1. The van der Waals surface area contributed by atoms with E-state index < -0.39 is 16.7 Å². The van der Waals surface area contributed by atoms with Crippen molar-refractivity contribution < 1.29 is 14.5 Å². The number of thiocarbonyl (C=S) groups is 1. The molecule has 1 fully saturated rings. The molecule has 2 heterocycles. The SMILES string of the molecule is Cc1ccccc1N1C(=O)/C(=C\c2cc(-c3ccccc3)n(-c3ccc([N+](=O)[O-])cc3)c2-c2ccccc2)C(=O)NC1=S. The van der Waals surface area contributed by atoms with Gasteiger partial charge in [0.25, 0.3) is 17.5 Å². The summed E-state index contributed by atoms with van der Waals surface area (Å²) in [6.07, 6.45) is 1.58. The first-order chi connectivity index (χ1) is 20.8. The number of nitro groups is 1. The van der Waals surface area contributed by atoms with Crippen molar-refractivity contribution in [3.8, 4) is 28.2 Å². The number of aryl methyl sites for hydroxylation is 1. The number of non-ortho nitro benzene ring substituents is 1. The number of carbonyl (C=O) groups is 2. The molecule has 1 aromatic heterocycles. The lowest BCUT2D eigenvalue weighted by Crippen LogP contribution is -2.54. The van der Waals surface area contributed by atoms with Gasteiger partial charge in [0, 0.05) is 23.4 Å². The van der Waals surface area contributed by atoms with Crippen molar-refractivity contribution in [2.24, 2.45) is 0 Å². The number of para-hydroxylation sites is 1. The Hall–Kier alpha value is -5.67. The summed E-state index contributed by atoms with van der Waals surface area (Å²) in [5.74, 6) is -1.13. The Morgan fingerprint density at radius 3 is 2.05 bits per heavy atom. The van der Waals surface area contributed by atoms with Crippen LogP contribution in [0.4, 0.5) is 11.4 Å². The van der Waals surface area contributed by atoms with Crippen molar-refractivity contribution in [1.29, 1.82) is 0 Å². The fraction of sp³-hybridized carbons (Fsp3) is 0.0294. The van der Waals surface area contributed by atoms with Gasteiger partial charge in [0.15, 0.2) is 5.11 Å². The number of rotatable bonds is 6. The monoisotopic (exact) mass is 584 g/mol. The minimum Gasteiger partial charge on any atom is -0.309 e. The fourth-order valence-electron chi connectivity index (χ4n) is 5.19. The highest BCUT2D eigenvalue weighted by atomic mass is 32.1. The first kappa shape index (κ1) is 27.5. The van der Waals surface area contributed by atoms with E-state index in [1.165, 1.54) is 17.0 Å². The molecule has 1 N–H and O–H groups in total. The van der Waals surface area contributed by atoms with E-state index in [4.69, 9.17) is 12.2 Å². The normalized spacial score (nSPS) is 14.2. The highest BCUT2D eigenvalue weighted by Crippen LogP contribution is 2.38. The minimum absolute atomic E-state index is 0.0122. The number of benzene rings is 4. The fourth-order valence-corrected chi connectivity index (χ4v) is 5.46. The molecule has 210 valence electrons.